The van der Waals surface area contributed by atoms with Gasteiger partial charge in [0, 0.05) is 6.54 Å². The molecular weight excluding hydrogens is 265 g/mol. The van der Waals surface area contributed by atoms with Crippen LogP contribution in [-0.4, -0.2) is 21.3 Å². The predicted molar refractivity (Wildman–Crippen MR) is 70.5 cm³/mol. The van der Waals surface area contributed by atoms with Gasteiger partial charge in [-0.2, -0.15) is 0 Å². The number of anilines is 1. The summed E-state index contributed by atoms with van der Waals surface area (Å²) in [4.78, 5) is 10.8. The number of aromatic hydroxyl groups is 2. The monoisotopic (exact) mass is 277 g/mol. The molecule has 0 aliphatic carbocycles. The minimum absolute atomic E-state index is 0.0255. The maximum atomic E-state index is 13.5. The number of benzene rings is 2. The first-order chi connectivity index (χ1) is 9.47. The van der Waals surface area contributed by atoms with Crippen molar-refractivity contribution in [3.63, 3.8) is 0 Å². The smallest absolute Gasteiger partial charge is 0.335 e. The maximum Gasteiger partial charge on any atom is 0.335 e. The third kappa shape index (κ3) is 2.97. The lowest BCUT2D eigenvalue weighted by Gasteiger charge is -2.09. The van der Waals surface area contributed by atoms with Crippen molar-refractivity contribution in [2.75, 3.05) is 5.32 Å². The van der Waals surface area contributed by atoms with E-state index in [0.717, 1.165) is 6.07 Å². The zero-order chi connectivity index (χ0) is 14.7. The van der Waals surface area contributed by atoms with Crippen molar-refractivity contribution in [3.05, 3.63) is 53.3 Å². The van der Waals surface area contributed by atoms with Gasteiger partial charge in [0.15, 0.2) is 11.5 Å². The van der Waals surface area contributed by atoms with Gasteiger partial charge in [0.1, 0.15) is 5.82 Å². The van der Waals surface area contributed by atoms with E-state index in [1.54, 1.807) is 6.07 Å². The molecule has 0 aliphatic rings. The van der Waals surface area contributed by atoms with Crippen molar-refractivity contribution in [2.45, 2.75) is 6.54 Å². The van der Waals surface area contributed by atoms with Gasteiger partial charge < -0.3 is 20.6 Å². The van der Waals surface area contributed by atoms with E-state index >= 15 is 0 Å². The minimum atomic E-state index is -1.14. The molecule has 4 N–H and O–H groups in total. The number of nitrogens with one attached hydrogen (secondary N) is 1. The Morgan fingerprint density at radius 2 is 1.85 bits per heavy atom. The standard InChI is InChI=1S/C14H12FNO4/c15-10-3-2-9(14(19)20)6-11(10)16-7-8-1-4-12(17)13(18)5-8/h1-6,16-18H,7H2,(H,19,20). The Hall–Kier alpha value is -2.76. The molecule has 2 rings (SSSR count). The fourth-order valence-corrected chi connectivity index (χ4v) is 1.67. The maximum absolute atomic E-state index is 13.5. The van der Waals surface area contributed by atoms with Crippen LogP contribution in [0.15, 0.2) is 36.4 Å². The Morgan fingerprint density at radius 3 is 2.50 bits per heavy atom. The quantitative estimate of drug-likeness (QED) is 0.645. The van der Waals surface area contributed by atoms with E-state index in [1.165, 1.54) is 24.3 Å². The molecule has 0 amide bonds. The van der Waals surface area contributed by atoms with Gasteiger partial charge in [-0.25, -0.2) is 9.18 Å². The van der Waals surface area contributed by atoms with Gasteiger partial charge in [-0.15, -0.1) is 0 Å². The van der Waals surface area contributed by atoms with E-state index in [-0.39, 0.29) is 29.3 Å². The number of carbonyl (C=O) groups is 1. The fraction of sp³-hybridized carbons (Fsp3) is 0.0714. The highest BCUT2D eigenvalue weighted by Gasteiger charge is 2.08. The van der Waals surface area contributed by atoms with Crippen LogP contribution in [0.3, 0.4) is 0 Å². The third-order valence-corrected chi connectivity index (χ3v) is 2.74. The number of rotatable bonds is 4. The van der Waals surface area contributed by atoms with E-state index in [9.17, 15) is 19.4 Å². The number of phenols is 2. The summed E-state index contributed by atoms with van der Waals surface area (Å²) in [7, 11) is 0. The average molecular weight is 277 g/mol. The number of carboxylic acids is 1. The summed E-state index contributed by atoms with van der Waals surface area (Å²) in [6, 6.07) is 7.64. The van der Waals surface area contributed by atoms with Crippen LogP contribution in [0.1, 0.15) is 15.9 Å². The van der Waals surface area contributed by atoms with Crippen molar-refractivity contribution >= 4 is 11.7 Å². The van der Waals surface area contributed by atoms with Gasteiger partial charge in [0.25, 0.3) is 0 Å². The second-order valence-electron chi connectivity index (χ2n) is 4.18. The average Bonchev–Trinajstić information content (AvgIpc) is 2.41. The number of phenolic OH excluding ortho intramolecular Hbond substituents is 2. The van der Waals surface area contributed by atoms with Crippen LogP contribution in [0.2, 0.25) is 0 Å². The summed E-state index contributed by atoms with van der Waals surface area (Å²) in [6.45, 7) is 0.174. The van der Waals surface area contributed by atoms with Gasteiger partial charge in [-0.3, -0.25) is 0 Å². The first-order valence-electron chi connectivity index (χ1n) is 5.75. The Labute approximate surface area is 113 Å². The summed E-state index contributed by atoms with van der Waals surface area (Å²) in [5.41, 5.74) is 0.639. The topological polar surface area (TPSA) is 89.8 Å². The molecule has 2 aromatic carbocycles. The van der Waals surface area contributed by atoms with Gasteiger partial charge in [-0.1, -0.05) is 6.07 Å². The Kier molecular flexibility index (Phi) is 3.74. The Balaban J connectivity index is 2.15. The minimum Gasteiger partial charge on any atom is -0.504 e. The van der Waals surface area contributed by atoms with Crippen LogP contribution < -0.4 is 5.32 Å². The zero-order valence-corrected chi connectivity index (χ0v) is 10.3. The molecule has 5 nitrogen and oxygen atoms in total. The number of hydrogen-bond acceptors (Lipinski definition) is 4. The van der Waals surface area contributed by atoms with Crippen LogP contribution in [0, 0.1) is 5.82 Å². The second kappa shape index (κ2) is 5.48. The summed E-state index contributed by atoms with van der Waals surface area (Å²) >= 11 is 0. The van der Waals surface area contributed by atoms with Crippen LogP contribution in [0.5, 0.6) is 11.5 Å². The molecule has 2 aromatic rings. The first-order valence-corrected chi connectivity index (χ1v) is 5.75. The number of carboxylic acid groups (broad SMARTS) is 1. The highest BCUT2D eigenvalue weighted by Crippen LogP contribution is 2.25. The first kappa shape index (κ1) is 13.7. The van der Waals surface area contributed by atoms with Crippen LogP contribution >= 0.6 is 0 Å². The summed E-state index contributed by atoms with van der Waals surface area (Å²) < 4.78 is 13.5. The van der Waals surface area contributed by atoms with E-state index in [1.807, 2.05) is 0 Å². The van der Waals surface area contributed by atoms with Gasteiger partial charge in [0.2, 0.25) is 0 Å². The molecule has 0 spiro atoms. The number of halogens is 1. The lowest BCUT2D eigenvalue weighted by Crippen LogP contribution is -2.04. The molecule has 0 aliphatic heterocycles. The lowest BCUT2D eigenvalue weighted by molar-refractivity contribution is 0.0697. The summed E-state index contributed by atoms with van der Waals surface area (Å²) in [5, 5.41) is 30.1. The molecule has 0 fully saturated rings. The molecule has 0 heterocycles. The molecule has 0 aromatic heterocycles. The SMILES string of the molecule is O=C(O)c1ccc(F)c(NCc2ccc(O)c(O)c2)c1. The molecule has 6 heteroatoms. The van der Waals surface area contributed by atoms with E-state index in [0.29, 0.717) is 5.56 Å². The van der Waals surface area contributed by atoms with E-state index in [2.05, 4.69) is 5.32 Å². The van der Waals surface area contributed by atoms with Crippen LogP contribution in [-0.2, 0) is 6.54 Å². The van der Waals surface area contributed by atoms with Crippen LogP contribution in [0.25, 0.3) is 0 Å². The second-order valence-corrected chi connectivity index (χ2v) is 4.18. The molecule has 0 bridgehead atoms. The summed E-state index contributed by atoms with van der Waals surface area (Å²) in [5.74, 6) is -2.23. The fourth-order valence-electron chi connectivity index (χ4n) is 1.67. The number of aromatic carboxylic acids is 1. The number of hydrogen-bond donors (Lipinski definition) is 4. The largest absolute Gasteiger partial charge is 0.504 e. The highest BCUT2D eigenvalue weighted by molar-refractivity contribution is 5.88. The molecule has 0 unspecified atom stereocenters. The highest BCUT2D eigenvalue weighted by atomic mass is 19.1. The normalized spacial score (nSPS) is 10.2. The predicted octanol–water partition coefficient (Wildman–Crippen LogP) is 2.55. The molecule has 0 saturated carbocycles. The molecule has 0 atom stereocenters. The Morgan fingerprint density at radius 1 is 1.10 bits per heavy atom. The van der Waals surface area contributed by atoms with E-state index < -0.39 is 11.8 Å². The molecular formula is C14H12FNO4. The van der Waals surface area contributed by atoms with Crippen molar-refractivity contribution in [3.8, 4) is 11.5 Å². The Bertz CT molecular complexity index is 658. The van der Waals surface area contributed by atoms with Crippen molar-refractivity contribution in [1.29, 1.82) is 0 Å². The molecule has 0 radical (unpaired) electrons. The molecule has 0 saturated heterocycles. The third-order valence-electron chi connectivity index (χ3n) is 2.74. The van der Waals surface area contributed by atoms with Gasteiger partial charge in [0.05, 0.1) is 11.3 Å². The van der Waals surface area contributed by atoms with Crippen molar-refractivity contribution < 1.29 is 24.5 Å². The molecule has 20 heavy (non-hydrogen) atoms. The summed E-state index contributed by atoms with van der Waals surface area (Å²) in [6.07, 6.45) is 0. The molecule has 104 valence electrons. The van der Waals surface area contributed by atoms with Gasteiger partial charge in [-0.05, 0) is 35.9 Å². The van der Waals surface area contributed by atoms with E-state index in [4.69, 9.17) is 5.11 Å². The van der Waals surface area contributed by atoms with Crippen molar-refractivity contribution in [1.82, 2.24) is 0 Å². The van der Waals surface area contributed by atoms with Gasteiger partial charge >= 0.3 is 5.97 Å². The van der Waals surface area contributed by atoms with Crippen LogP contribution in [0.4, 0.5) is 10.1 Å². The van der Waals surface area contributed by atoms with Crippen molar-refractivity contribution in [2.24, 2.45) is 0 Å². The zero-order valence-electron chi connectivity index (χ0n) is 10.3. The lowest BCUT2D eigenvalue weighted by atomic mass is 10.1.